The summed E-state index contributed by atoms with van der Waals surface area (Å²) in [6.45, 7) is 5.43. The van der Waals surface area contributed by atoms with Crippen molar-refractivity contribution in [1.29, 1.82) is 0 Å². The summed E-state index contributed by atoms with van der Waals surface area (Å²) in [6, 6.07) is 12.4. The van der Waals surface area contributed by atoms with Gasteiger partial charge in [0, 0.05) is 25.1 Å². The van der Waals surface area contributed by atoms with Crippen molar-refractivity contribution in [2.45, 2.75) is 19.9 Å². The predicted octanol–water partition coefficient (Wildman–Crippen LogP) is 2.75. The molecule has 3 heteroatoms. The summed E-state index contributed by atoms with van der Waals surface area (Å²) in [4.78, 5) is 4.62. The van der Waals surface area contributed by atoms with Crippen LogP contribution in [0.2, 0.25) is 0 Å². The van der Waals surface area contributed by atoms with E-state index in [9.17, 15) is 0 Å². The number of rotatable bonds is 7. The quantitative estimate of drug-likeness (QED) is 0.760. The monoisotopic (exact) mass is 244 g/mol. The van der Waals surface area contributed by atoms with Gasteiger partial charge in [-0.25, -0.2) is 0 Å². The Kier molecular flexibility index (Phi) is 5.12. The number of para-hydroxylation sites is 1. The van der Waals surface area contributed by atoms with Crippen LogP contribution in [0.1, 0.15) is 19.0 Å². The van der Waals surface area contributed by atoms with Crippen molar-refractivity contribution >= 4 is 10.9 Å². The topological polar surface area (TPSA) is 34.1 Å². The summed E-state index contributed by atoms with van der Waals surface area (Å²) < 4.78 is 5.29. The van der Waals surface area contributed by atoms with E-state index in [0.29, 0.717) is 0 Å². The van der Waals surface area contributed by atoms with Crippen LogP contribution in [0.5, 0.6) is 0 Å². The zero-order chi connectivity index (χ0) is 12.6. The van der Waals surface area contributed by atoms with Gasteiger partial charge in [-0.2, -0.15) is 0 Å². The molecule has 0 saturated heterocycles. The second-order valence-electron chi connectivity index (χ2n) is 4.22. The molecule has 1 heterocycles. The predicted molar refractivity (Wildman–Crippen MR) is 74.6 cm³/mol. The molecule has 3 nitrogen and oxygen atoms in total. The van der Waals surface area contributed by atoms with Crippen LogP contribution in [0.15, 0.2) is 36.4 Å². The number of nitrogens with one attached hydrogen (secondary N) is 1. The van der Waals surface area contributed by atoms with Gasteiger partial charge in [0.2, 0.25) is 0 Å². The van der Waals surface area contributed by atoms with Gasteiger partial charge in [0.15, 0.2) is 0 Å². The Balaban J connectivity index is 1.81. The Bertz CT molecular complexity index is 485. The molecule has 1 N–H and O–H groups in total. The fourth-order valence-corrected chi connectivity index (χ4v) is 1.87. The van der Waals surface area contributed by atoms with E-state index in [4.69, 9.17) is 4.74 Å². The molecular formula is C15H20N2O. The molecule has 2 rings (SSSR count). The zero-order valence-electron chi connectivity index (χ0n) is 10.9. The van der Waals surface area contributed by atoms with E-state index < -0.39 is 0 Å². The van der Waals surface area contributed by atoms with Gasteiger partial charge >= 0.3 is 0 Å². The number of fused-ring (bicyclic) bond motifs is 1. The Hall–Kier alpha value is -1.45. The fraction of sp³-hybridized carbons (Fsp3) is 0.400. The Labute approximate surface area is 108 Å². The van der Waals surface area contributed by atoms with Crippen molar-refractivity contribution in [3.8, 4) is 0 Å². The average Bonchev–Trinajstić information content (AvgIpc) is 2.42. The highest BCUT2D eigenvalue weighted by atomic mass is 16.5. The van der Waals surface area contributed by atoms with Gasteiger partial charge < -0.3 is 10.1 Å². The number of benzene rings is 1. The minimum absolute atomic E-state index is 0.798. The minimum Gasteiger partial charge on any atom is -0.382 e. The van der Waals surface area contributed by atoms with Crippen LogP contribution in [-0.2, 0) is 11.3 Å². The van der Waals surface area contributed by atoms with Crippen LogP contribution in [0.3, 0.4) is 0 Å². The van der Waals surface area contributed by atoms with Crippen molar-refractivity contribution in [2.24, 2.45) is 0 Å². The molecule has 18 heavy (non-hydrogen) atoms. The number of pyridine rings is 1. The zero-order valence-corrected chi connectivity index (χ0v) is 10.9. The van der Waals surface area contributed by atoms with Crippen LogP contribution in [-0.4, -0.2) is 24.7 Å². The lowest BCUT2D eigenvalue weighted by atomic mass is 10.2. The molecule has 0 aliphatic heterocycles. The summed E-state index contributed by atoms with van der Waals surface area (Å²) in [6.07, 6.45) is 1.04. The molecule has 0 saturated carbocycles. The highest BCUT2D eigenvalue weighted by Gasteiger charge is 1.97. The lowest BCUT2D eigenvalue weighted by Crippen LogP contribution is -2.17. The lowest BCUT2D eigenvalue weighted by Gasteiger charge is -2.05. The molecule has 0 aliphatic carbocycles. The third-order valence-corrected chi connectivity index (χ3v) is 2.81. The summed E-state index contributed by atoms with van der Waals surface area (Å²) in [5, 5.41) is 4.57. The largest absolute Gasteiger partial charge is 0.382 e. The number of hydrogen-bond donors (Lipinski definition) is 1. The van der Waals surface area contributed by atoms with Gasteiger partial charge in [0.1, 0.15) is 0 Å². The average molecular weight is 244 g/mol. The van der Waals surface area contributed by atoms with E-state index in [0.717, 1.165) is 43.9 Å². The van der Waals surface area contributed by atoms with Crippen molar-refractivity contribution in [3.05, 3.63) is 42.1 Å². The molecule has 0 unspecified atom stereocenters. The summed E-state index contributed by atoms with van der Waals surface area (Å²) in [5.41, 5.74) is 2.15. The molecule has 0 fully saturated rings. The Morgan fingerprint density at radius 3 is 2.94 bits per heavy atom. The Morgan fingerprint density at radius 2 is 2.06 bits per heavy atom. The highest BCUT2D eigenvalue weighted by molar-refractivity contribution is 5.78. The number of hydrogen-bond acceptors (Lipinski definition) is 3. The molecule has 2 aromatic rings. The first kappa shape index (κ1) is 13.0. The molecule has 1 aromatic carbocycles. The number of aromatic nitrogens is 1. The second-order valence-corrected chi connectivity index (χ2v) is 4.22. The van der Waals surface area contributed by atoms with Crippen LogP contribution < -0.4 is 5.32 Å². The third kappa shape index (κ3) is 3.79. The third-order valence-electron chi connectivity index (χ3n) is 2.81. The number of nitrogens with zero attached hydrogens (tertiary/aromatic N) is 1. The normalized spacial score (nSPS) is 10.9. The van der Waals surface area contributed by atoms with E-state index in [2.05, 4.69) is 28.5 Å². The summed E-state index contributed by atoms with van der Waals surface area (Å²) in [7, 11) is 0. The van der Waals surface area contributed by atoms with Gasteiger partial charge in [0.05, 0.1) is 11.2 Å². The molecule has 0 atom stereocenters. The first-order valence-electron chi connectivity index (χ1n) is 6.53. The number of ether oxygens (including phenoxy) is 1. The van der Waals surface area contributed by atoms with E-state index in [1.165, 1.54) is 5.39 Å². The summed E-state index contributed by atoms with van der Waals surface area (Å²) in [5.74, 6) is 0. The maximum absolute atomic E-state index is 5.29. The Morgan fingerprint density at radius 1 is 1.17 bits per heavy atom. The fourth-order valence-electron chi connectivity index (χ4n) is 1.87. The van der Waals surface area contributed by atoms with Gasteiger partial charge in [-0.1, -0.05) is 24.3 Å². The van der Waals surface area contributed by atoms with Crippen molar-refractivity contribution < 1.29 is 4.74 Å². The van der Waals surface area contributed by atoms with Crippen LogP contribution in [0, 0.1) is 0 Å². The molecule has 0 aliphatic rings. The maximum Gasteiger partial charge on any atom is 0.0705 e. The minimum atomic E-state index is 0.798. The van der Waals surface area contributed by atoms with E-state index in [1.807, 2.05) is 25.1 Å². The van der Waals surface area contributed by atoms with Crippen LogP contribution in [0.4, 0.5) is 0 Å². The van der Waals surface area contributed by atoms with Crippen molar-refractivity contribution in [3.63, 3.8) is 0 Å². The molecule has 0 radical (unpaired) electrons. The SMILES string of the molecule is CCOCCCNCc1ccc2ccccc2n1. The van der Waals surface area contributed by atoms with Gasteiger partial charge in [-0.05, 0) is 32.0 Å². The first-order chi connectivity index (χ1) is 8.90. The molecule has 0 bridgehead atoms. The molecule has 1 aromatic heterocycles. The van der Waals surface area contributed by atoms with E-state index in [1.54, 1.807) is 0 Å². The molecule has 0 amide bonds. The lowest BCUT2D eigenvalue weighted by molar-refractivity contribution is 0.144. The first-order valence-corrected chi connectivity index (χ1v) is 6.53. The van der Waals surface area contributed by atoms with Gasteiger partial charge in [-0.3, -0.25) is 4.98 Å². The summed E-state index contributed by atoms with van der Waals surface area (Å²) >= 11 is 0. The van der Waals surface area contributed by atoms with Crippen LogP contribution in [0.25, 0.3) is 10.9 Å². The molecular weight excluding hydrogens is 224 g/mol. The standard InChI is InChI=1S/C15H20N2O/c1-2-18-11-5-10-16-12-14-9-8-13-6-3-4-7-15(13)17-14/h3-4,6-9,16H,2,5,10-12H2,1H3. The van der Waals surface area contributed by atoms with Crippen molar-refractivity contribution in [2.75, 3.05) is 19.8 Å². The van der Waals surface area contributed by atoms with E-state index >= 15 is 0 Å². The molecule has 96 valence electrons. The maximum atomic E-state index is 5.29. The highest BCUT2D eigenvalue weighted by Crippen LogP contribution is 2.11. The van der Waals surface area contributed by atoms with E-state index in [-0.39, 0.29) is 0 Å². The van der Waals surface area contributed by atoms with Crippen molar-refractivity contribution in [1.82, 2.24) is 10.3 Å². The van der Waals surface area contributed by atoms with Crippen LogP contribution >= 0.6 is 0 Å². The second kappa shape index (κ2) is 7.09. The van der Waals surface area contributed by atoms with Gasteiger partial charge in [-0.15, -0.1) is 0 Å². The smallest absolute Gasteiger partial charge is 0.0705 e. The van der Waals surface area contributed by atoms with Gasteiger partial charge in [0.25, 0.3) is 0 Å². The molecule has 0 spiro atoms.